The van der Waals surface area contributed by atoms with Gasteiger partial charge in [-0.15, -0.1) is 0 Å². The molecule has 1 fully saturated rings. The SMILES string of the molecule is O=C(O)CC1CN(C(=O)CS(=O)(=O)CCCc2ccccc2)CCO1. The van der Waals surface area contributed by atoms with Crippen molar-refractivity contribution in [2.24, 2.45) is 0 Å². The molecule has 1 aromatic rings. The summed E-state index contributed by atoms with van der Waals surface area (Å²) in [7, 11) is -3.49. The van der Waals surface area contributed by atoms with Crippen molar-refractivity contribution in [2.45, 2.75) is 25.4 Å². The summed E-state index contributed by atoms with van der Waals surface area (Å²) in [5.41, 5.74) is 1.06. The lowest BCUT2D eigenvalue weighted by molar-refractivity contribution is -0.146. The van der Waals surface area contributed by atoms with Gasteiger partial charge >= 0.3 is 5.97 Å². The zero-order valence-electron chi connectivity index (χ0n) is 14.0. The minimum absolute atomic E-state index is 0.0451. The molecule has 0 radical (unpaired) electrons. The lowest BCUT2D eigenvalue weighted by atomic mass is 10.1. The molecule has 0 aromatic heterocycles. The van der Waals surface area contributed by atoms with Gasteiger partial charge in [0.1, 0.15) is 5.75 Å². The van der Waals surface area contributed by atoms with Crippen LogP contribution in [-0.4, -0.2) is 67.6 Å². The first-order valence-corrected chi connectivity index (χ1v) is 10.0. The van der Waals surface area contributed by atoms with Gasteiger partial charge in [-0.3, -0.25) is 9.59 Å². The normalized spacial score (nSPS) is 18.1. The number of aryl methyl sites for hydroxylation is 1. The van der Waals surface area contributed by atoms with Crippen LogP contribution in [0, 0.1) is 0 Å². The highest BCUT2D eigenvalue weighted by Crippen LogP contribution is 2.11. The number of rotatable bonds is 8. The molecule has 1 aliphatic heterocycles. The quantitative estimate of drug-likeness (QED) is 0.725. The largest absolute Gasteiger partial charge is 0.481 e. The third-order valence-corrected chi connectivity index (χ3v) is 5.60. The molecule has 8 heteroatoms. The van der Waals surface area contributed by atoms with Crippen molar-refractivity contribution in [3.05, 3.63) is 35.9 Å². The van der Waals surface area contributed by atoms with E-state index >= 15 is 0 Å². The van der Waals surface area contributed by atoms with Crippen LogP contribution in [0.15, 0.2) is 30.3 Å². The molecule has 1 saturated heterocycles. The predicted molar refractivity (Wildman–Crippen MR) is 92.0 cm³/mol. The van der Waals surface area contributed by atoms with Gasteiger partial charge in [0.15, 0.2) is 9.84 Å². The molecule has 0 bridgehead atoms. The van der Waals surface area contributed by atoms with Gasteiger partial charge in [0, 0.05) is 13.1 Å². The minimum Gasteiger partial charge on any atom is -0.481 e. The van der Waals surface area contributed by atoms with Crippen molar-refractivity contribution in [3.8, 4) is 0 Å². The lowest BCUT2D eigenvalue weighted by Gasteiger charge is -2.32. The Morgan fingerprint density at radius 1 is 1.24 bits per heavy atom. The van der Waals surface area contributed by atoms with Gasteiger partial charge in [0.25, 0.3) is 0 Å². The summed E-state index contributed by atoms with van der Waals surface area (Å²) < 4.78 is 29.6. The monoisotopic (exact) mass is 369 g/mol. The Morgan fingerprint density at radius 2 is 1.96 bits per heavy atom. The van der Waals surface area contributed by atoms with E-state index in [-0.39, 0.29) is 31.9 Å². The Bertz CT molecular complexity index is 688. The van der Waals surface area contributed by atoms with Crippen LogP contribution in [-0.2, 0) is 30.6 Å². The number of morpholine rings is 1. The first-order valence-electron chi connectivity index (χ1n) is 8.21. The molecule has 0 spiro atoms. The highest BCUT2D eigenvalue weighted by atomic mass is 32.2. The Hall–Kier alpha value is -1.93. The number of carboxylic acid groups (broad SMARTS) is 1. The molecule has 0 aliphatic carbocycles. The molecular weight excluding hydrogens is 346 g/mol. The van der Waals surface area contributed by atoms with E-state index in [4.69, 9.17) is 9.84 Å². The van der Waals surface area contributed by atoms with Gasteiger partial charge in [0.05, 0.1) is 24.9 Å². The maximum absolute atomic E-state index is 12.2. The number of sulfone groups is 1. The highest BCUT2D eigenvalue weighted by molar-refractivity contribution is 7.92. The van der Waals surface area contributed by atoms with E-state index in [1.165, 1.54) is 4.90 Å². The van der Waals surface area contributed by atoms with E-state index in [1.54, 1.807) is 0 Å². The average Bonchev–Trinajstić information content (AvgIpc) is 2.55. The molecule has 1 aromatic carbocycles. The smallest absolute Gasteiger partial charge is 0.306 e. The fourth-order valence-corrected chi connectivity index (χ4v) is 4.04. The first-order chi connectivity index (χ1) is 11.9. The van der Waals surface area contributed by atoms with E-state index in [0.29, 0.717) is 12.8 Å². The van der Waals surface area contributed by atoms with Crippen LogP contribution in [0.4, 0.5) is 0 Å². The summed E-state index contributed by atoms with van der Waals surface area (Å²) in [4.78, 5) is 24.3. The van der Waals surface area contributed by atoms with Crippen LogP contribution >= 0.6 is 0 Å². The molecule has 25 heavy (non-hydrogen) atoms. The molecule has 1 heterocycles. The maximum Gasteiger partial charge on any atom is 0.306 e. The molecule has 1 N–H and O–H groups in total. The van der Waals surface area contributed by atoms with Crippen molar-refractivity contribution in [1.29, 1.82) is 0 Å². The number of hydrogen-bond donors (Lipinski definition) is 1. The highest BCUT2D eigenvalue weighted by Gasteiger charge is 2.28. The Balaban J connectivity index is 1.80. The first kappa shape index (κ1) is 19.4. The van der Waals surface area contributed by atoms with Crippen LogP contribution in [0.1, 0.15) is 18.4 Å². The number of benzene rings is 1. The van der Waals surface area contributed by atoms with E-state index in [2.05, 4.69) is 0 Å². The van der Waals surface area contributed by atoms with Crippen LogP contribution in [0.3, 0.4) is 0 Å². The molecule has 1 unspecified atom stereocenters. The second kappa shape index (κ2) is 8.96. The summed E-state index contributed by atoms with van der Waals surface area (Å²) in [6.45, 7) is 0.622. The fourth-order valence-electron chi connectivity index (χ4n) is 2.76. The molecule has 2 rings (SSSR count). The van der Waals surface area contributed by atoms with E-state index in [1.807, 2.05) is 30.3 Å². The van der Waals surface area contributed by atoms with Gasteiger partial charge in [0.2, 0.25) is 5.91 Å². The standard InChI is InChI=1S/C17H23NO6S/c19-16(18-8-9-24-15(12-18)11-17(20)21)13-25(22,23)10-4-7-14-5-2-1-3-6-14/h1-3,5-6,15H,4,7-13H2,(H,20,21). The Morgan fingerprint density at radius 3 is 2.64 bits per heavy atom. The summed E-state index contributed by atoms with van der Waals surface area (Å²) in [5.74, 6) is -2.08. The van der Waals surface area contributed by atoms with Gasteiger partial charge in [-0.1, -0.05) is 30.3 Å². The Labute approximate surface area is 147 Å². The van der Waals surface area contributed by atoms with Gasteiger partial charge < -0.3 is 14.7 Å². The summed E-state index contributed by atoms with van der Waals surface area (Å²) in [6.07, 6.45) is 0.320. The van der Waals surface area contributed by atoms with Crippen LogP contribution < -0.4 is 0 Å². The molecule has 1 amide bonds. The fraction of sp³-hybridized carbons (Fsp3) is 0.529. The average molecular weight is 369 g/mol. The summed E-state index contributed by atoms with van der Waals surface area (Å²) >= 11 is 0. The van der Waals surface area contributed by atoms with Crippen molar-refractivity contribution >= 4 is 21.7 Å². The summed E-state index contributed by atoms with van der Waals surface area (Å²) in [5, 5.41) is 8.79. The number of carbonyl (C=O) groups is 2. The van der Waals surface area contributed by atoms with Gasteiger partial charge in [-0.05, 0) is 18.4 Å². The van der Waals surface area contributed by atoms with Crippen molar-refractivity contribution in [1.82, 2.24) is 4.90 Å². The number of nitrogens with zero attached hydrogens (tertiary/aromatic N) is 1. The Kier molecular flexibility index (Phi) is 6.95. The lowest BCUT2D eigenvalue weighted by Crippen LogP contribution is -2.48. The van der Waals surface area contributed by atoms with Gasteiger partial charge in [-0.25, -0.2) is 8.42 Å². The number of hydrogen-bond acceptors (Lipinski definition) is 5. The number of aliphatic carboxylic acids is 1. The third kappa shape index (κ3) is 6.83. The van der Waals surface area contributed by atoms with Crippen LogP contribution in [0.5, 0.6) is 0 Å². The van der Waals surface area contributed by atoms with E-state index in [0.717, 1.165) is 5.56 Å². The third-order valence-electron chi connectivity index (χ3n) is 4.00. The number of carboxylic acids is 1. The summed E-state index contributed by atoms with van der Waals surface area (Å²) in [6, 6.07) is 9.58. The van der Waals surface area contributed by atoms with E-state index < -0.39 is 33.6 Å². The number of amides is 1. The molecule has 138 valence electrons. The zero-order valence-corrected chi connectivity index (χ0v) is 14.8. The topological polar surface area (TPSA) is 101 Å². The molecule has 1 atom stereocenters. The molecule has 7 nitrogen and oxygen atoms in total. The van der Waals surface area contributed by atoms with Crippen LogP contribution in [0.25, 0.3) is 0 Å². The second-order valence-corrected chi connectivity index (χ2v) is 8.30. The van der Waals surface area contributed by atoms with Crippen LogP contribution in [0.2, 0.25) is 0 Å². The molecule has 0 saturated carbocycles. The van der Waals surface area contributed by atoms with Gasteiger partial charge in [-0.2, -0.15) is 0 Å². The van der Waals surface area contributed by atoms with Crippen molar-refractivity contribution in [2.75, 3.05) is 31.2 Å². The number of carbonyl (C=O) groups excluding carboxylic acids is 1. The maximum atomic E-state index is 12.2. The van der Waals surface area contributed by atoms with Crippen molar-refractivity contribution < 1.29 is 27.9 Å². The van der Waals surface area contributed by atoms with Crippen molar-refractivity contribution in [3.63, 3.8) is 0 Å². The molecule has 1 aliphatic rings. The minimum atomic E-state index is -3.49. The zero-order chi connectivity index (χ0) is 18.3. The second-order valence-electron chi connectivity index (χ2n) is 6.11. The predicted octanol–water partition coefficient (Wildman–Crippen LogP) is 0.736. The van der Waals surface area contributed by atoms with E-state index in [9.17, 15) is 18.0 Å². The molecular formula is C17H23NO6S. The number of ether oxygens (including phenoxy) is 1.